The highest BCUT2D eigenvalue weighted by Crippen LogP contribution is 2.43. The number of nitrogens with one attached hydrogen (secondary N) is 2. The number of aliphatic carboxylic acids is 1. The van der Waals surface area contributed by atoms with E-state index in [2.05, 4.69) is 10.6 Å². The van der Waals surface area contributed by atoms with Crippen LogP contribution in [0.4, 0.5) is 4.79 Å². The molecule has 110 valence electrons. The van der Waals surface area contributed by atoms with Gasteiger partial charge >= 0.3 is 12.0 Å². The second-order valence-corrected chi connectivity index (χ2v) is 5.05. The summed E-state index contributed by atoms with van der Waals surface area (Å²) in [5, 5.41) is 13.8. The lowest BCUT2D eigenvalue weighted by Crippen LogP contribution is -2.46. The summed E-state index contributed by atoms with van der Waals surface area (Å²) in [5.74, 6) is -0.910. The molecule has 3 N–H and O–H groups in total. The number of hydrogen-bond acceptors (Lipinski definition) is 3. The molecule has 19 heavy (non-hydrogen) atoms. The molecule has 0 unspecified atom stereocenters. The first-order valence-corrected chi connectivity index (χ1v) is 6.89. The average Bonchev–Trinajstić information content (AvgIpc) is 2.31. The Morgan fingerprint density at radius 3 is 2.58 bits per heavy atom. The molecular weight excluding hydrogens is 248 g/mol. The fourth-order valence-electron chi connectivity index (χ4n) is 2.24. The van der Waals surface area contributed by atoms with E-state index in [1.54, 1.807) is 0 Å². The maximum Gasteiger partial charge on any atom is 0.314 e. The minimum absolute atomic E-state index is 0.0527. The SMILES string of the molecule is CCOCCC1(CNC(=O)NCCC(=O)O)CCC1. The van der Waals surface area contributed by atoms with Gasteiger partial charge in [-0.05, 0) is 31.6 Å². The van der Waals surface area contributed by atoms with E-state index in [0.717, 1.165) is 32.5 Å². The van der Waals surface area contributed by atoms with E-state index in [-0.39, 0.29) is 24.4 Å². The number of carbonyl (C=O) groups excluding carboxylic acids is 1. The second kappa shape index (κ2) is 7.99. The number of carbonyl (C=O) groups is 2. The van der Waals surface area contributed by atoms with Crippen molar-refractivity contribution in [2.24, 2.45) is 5.41 Å². The van der Waals surface area contributed by atoms with Gasteiger partial charge in [-0.1, -0.05) is 6.42 Å². The summed E-state index contributed by atoms with van der Waals surface area (Å²) in [5.41, 5.74) is 0.180. The van der Waals surface area contributed by atoms with Crippen LogP contribution in [0.3, 0.4) is 0 Å². The molecular formula is C13H24N2O4. The van der Waals surface area contributed by atoms with Gasteiger partial charge in [0.25, 0.3) is 0 Å². The monoisotopic (exact) mass is 272 g/mol. The van der Waals surface area contributed by atoms with Gasteiger partial charge in [0, 0.05) is 26.3 Å². The topological polar surface area (TPSA) is 87.7 Å². The molecule has 0 radical (unpaired) electrons. The molecule has 0 aliphatic heterocycles. The van der Waals surface area contributed by atoms with Gasteiger partial charge in [0.15, 0.2) is 0 Å². The smallest absolute Gasteiger partial charge is 0.314 e. The molecule has 1 saturated carbocycles. The van der Waals surface area contributed by atoms with Gasteiger partial charge in [-0.25, -0.2) is 4.79 Å². The molecule has 1 fully saturated rings. The van der Waals surface area contributed by atoms with Gasteiger partial charge in [0.05, 0.1) is 6.42 Å². The van der Waals surface area contributed by atoms with Crippen LogP contribution in [0.15, 0.2) is 0 Å². The molecule has 0 aromatic carbocycles. The summed E-state index contributed by atoms with van der Waals surface area (Å²) in [6.45, 7) is 4.23. The largest absolute Gasteiger partial charge is 0.481 e. The zero-order valence-corrected chi connectivity index (χ0v) is 11.5. The van der Waals surface area contributed by atoms with Gasteiger partial charge in [0.1, 0.15) is 0 Å². The molecule has 0 aromatic heterocycles. The maximum atomic E-state index is 11.5. The number of ether oxygens (including phenoxy) is 1. The van der Waals surface area contributed by atoms with Gasteiger partial charge in [-0.2, -0.15) is 0 Å². The predicted molar refractivity (Wildman–Crippen MR) is 71.0 cm³/mol. The lowest BCUT2D eigenvalue weighted by atomic mass is 9.67. The van der Waals surface area contributed by atoms with Crippen LogP contribution < -0.4 is 10.6 Å². The third-order valence-electron chi connectivity index (χ3n) is 3.64. The van der Waals surface area contributed by atoms with Crippen molar-refractivity contribution in [3.05, 3.63) is 0 Å². The molecule has 1 aliphatic carbocycles. The van der Waals surface area contributed by atoms with E-state index >= 15 is 0 Å². The minimum atomic E-state index is -0.910. The summed E-state index contributed by atoms with van der Waals surface area (Å²) in [6.07, 6.45) is 4.36. The fourth-order valence-corrected chi connectivity index (χ4v) is 2.24. The van der Waals surface area contributed by atoms with Crippen LogP contribution in [-0.4, -0.2) is 43.4 Å². The fraction of sp³-hybridized carbons (Fsp3) is 0.846. The third-order valence-corrected chi connectivity index (χ3v) is 3.64. The van der Waals surface area contributed by atoms with E-state index in [0.29, 0.717) is 6.54 Å². The van der Waals surface area contributed by atoms with Crippen molar-refractivity contribution in [3.8, 4) is 0 Å². The van der Waals surface area contributed by atoms with Gasteiger partial charge < -0.3 is 20.5 Å². The van der Waals surface area contributed by atoms with Crippen molar-refractivity contribution >= 4 is 12.0 Å². The lowest BCUT2D eigenvalue weighted by molar-refractivity contribution is -0.136. The highest BCUT2D eigenvalue weighted by atomic mass is 16.5. The predicted octanol–water partition coefficient (Wildman–Crippen LogP) is 1.36. The van der Waals surface area contributed by atoms with E-state index in [9.17, 15) is 9.59 Å². The molecule has 1 aliphatic rings. The van der Waals surface area contributed by atoms with Crippen LogP contribution in [0.2, 0.25) is 0 Å². The molecule has 0 spiro atoms. The number of hydrogen-bond donors (Lipinski definition) is 3. The standard InChI is InChI=1S/C13H24N2O4/c1-2-19-9-7-13(5-3-6-13)10-15-12(18)14-8-4-11(16)17/h2-10H2,1H3,(H,16,17)(H2,14,15,18). The van der Waals surface area contributed by atoms with Crippen molar-refractivity contribution in [2.45, 2.75) is 39.0 Å². The molecule has 2 amide bonds. The summed E-state index contributed by atoms with van der Waals surface area (Å²) in [4.78, 5) is 21.8. The number of carboxylic acids is 1. The Kier molecular flexibility index (Phi) is 6.62. The van der Waals surface area contributed by atoms with Crippen LogP contribution in [0.25, 0.3) is 0 Å². The Morgan fingerprint density at radius 1 is 1.32 bits per heavy atom. The number of rotatable bonds is 9. The Bertz CT molecular complexity index is 303. The summed E-state index contributed by atoms with van der Waals surface area (Å²) >= 11 is 0. The Morgan fingerprint density at radius 2 is 2.05 bits per heavy atom. The van der Waals surface area contributed by atoms with Crippen molar-refractivity contribution in [3.63, 3.8) is 0 Å². The van der Waals surface area contributed by atoms with Crippen molar-refractivity contribution in [1.82, 2.24) is 10.6 Å². The van der Waals surface area contributed by atoms with Gasteiger partial charge in [-0.15, -0.1) is 0 Å². The van der Waals surface area contributed by atoms with Crippen molar-refractivity contribution in [1.29, 1.82) is 0 Å². The molecule has 0 bridgehead atoms. The zero-order chi connectivity index (χ0) is 14.1. The van der Waals surface area contributed by atoms with Crippen molar-refractivity contribution < 1.29 is 19.4 Å². The molecule has 6 nitrogen and oxygen atoms in total. The first-order chi connectivity index (χ1) is 9.08. The Hall–Kier alpha value is -1.30. The molecule has 0 atom stereocenters. The van der Waals surface area contributed by atoms with Crippen LogP contribution >= 0.6 is 0 Å². The van der Waals surface area contributed by atoms with E-state index < -0.39 is 5.97 Å². The molecule has 0 saturated heterocycles. The van der Waals surface area contributed by atoms with Crippen LogP contribution in [0, 0.1) is 5.41 Å². The Balaban J connectivity index is 2.17. The van der Waals surface area contributed by atoms with Gasteiger partial charge in [0.2, 0.25) is 0 Å². The first-order valence-electron chi connectivity index (χ1n) is 6.89. The number of carboxylic acid groups (broad SMARTS) is 1. The summed E-state index contributed by atoms with van der Waals surface area (Å²) in [6, 6.07) is -0.288. The normalized spacial score (nSPS) is 16.5. The maximum absolute atomic E-state index is 11.5. The van der Waals surface area contributed by atoms with Crippen LogP contribution in [0.5, 0.6) is 0 Å². The average molecular weight is 272 g/mol. The quantitative estimate of drug-likeness (QED) is 0.553. The second-order valence-electron chi connectivity index (χ2n) is 5.05. The van der Waals surface area contributed by atoms with Crippen LogP contribution in [0.1, 0.15) is 39.0 Å². The molecule has 0 heterocycles. The minimum Gasteiger partial charge on any atom is -0.481 e. The van der Waals surface area contributed by atoms with Crippen LogP contribution in [-0.2, 0) is 9.53 Å². The van der Waals surface area contributed by atoms with Crippen molar-refractivity contribution in [2.75, 3.05) is 26.3 Å². The van der Waals surface area contributed by atoms with E-state index in [1.165, 1.54) is 6.42 Å². The summed E-state index contributed by atoms with van der Waals surface area (Å²) < 4.78 is 5.37. The molecule has 0 aromatic rings. The molecule has 6 heteroatoms. The Labute approximate surface area is 113 Å². The molecule has 1 rings (SSSR count). The lowest BCUT2D eigenvalue weighted by Gasteiger charge is -2.42. The highest BCUT2D eigenvalue weighted by Gasteiger charge is 2.36. The highest BCUT2D eigenvalue weighted by molar-refractivity contribution is 5.75. The first kappa shape index (κ1) is 15.8. The van der Waals surface area contributed by atoms with Gasteiger partial charge in [-0.3, -0.25) is 4.79 Å². The summed E-state index contributed by atoms with van der Waals surface area (Å²) in [7, 11) is 0. The van der Waals surface area contributed by atoms with E-state index in [1.807, 2.05) is 6.92 Å². The van der Waals surface area contributed by atoms with E-state index in [4.69, 9.17) is 9.84 Å². The number of urea groups is 1. The third kappa shape index (κ3) is 5.92. The number of amides is 2. The zero-order valence-electron chi connectivity index (χ0n) is 11.5.